The van der Waals surface area contributed by atoms with Crippen LogP contribution in [0.5, 0.6) is 5.75 Å². The Morgan fingerprint density at radius 2 is 2.17 bits per heavy atom. The summed E-state index contributed by atoms with van der Waals surface area (Å²) in [5.74, 6) is 0.702. The Hall–Kier alpha value is -2.01. The van der Waals surface area contributed by atoms with E-state index in [2.05, 4.69) is 9.59 Å². The normalized spacial score (nSPS) is 10.7. The van der Waals surface area contributed by atoms with Crippen molar-refractivity contribution in [2.75, 3.05) is 6.61 Å². The van der Waals surface area contributed by atoms with Crippen molar-refractivity contribution in [3.63, 3.8) is 0 Å². The van der Waals surface area contributed by atoms with E-state index in [4.69, 9.17) is 4.74 Å². The molecule has 0 unspecified atom stereocenters. The van der Waals surface area contributed by atoms with Gasteiger partial charge in [0.15, 0.2) is 5.78 Å². The first kappa shape index (κ1) is 12.4. The first-order chi connectivity index (χ1) is 8.79. The molecular weight excluding hydrogens is 248 g/mol. The van der Waals surface area contributed by atoms with Gasteiger partial charge in [-0.1, -0.05) is 4.49 Å². The lowest BCUT2D eigenvalue weighted by Crippen LogP contribution is -1.95. The molecule has 92 valence electrons. The fourth-order valence-corrected chi connectivity index (χ4v) is 1.81. The predicted octanol–water partition coefficient (Wildman–Crippen LogP) is 2.83. The quantitative estimate of drug-likeness (QED) is 0.612. The van der Waals surface area contributed by atoms with E-state index >= 15 is 0 Å². The summed E-state index contributed by atoms with van der Waals surface area (Å²) in [6, 6.07) is 7.07. The molecule has 1 heterocycles. The molecular formula is C13H12N2O2S. The molecule has 0 N–H and O–H groups in total. The molecule has 0 fully saturated rings. The molecule has 0 saturated heterocycles. The maximum absolute atomic E-state index is 11.8. The van der Waals surface area contributed by atoms with E-state index in [1.807, 2.05) is 6.92 Å². The maximum Gasteiger partial charge on any atom is 0.185 e. The van der Waals surface area contributed by atoms with Gasteiger partial charge in [0.05, 0.1) is 12.3 Å². The number of ether oxygens (including phenoxy) is 1. The number of carbonyl (C=O) groups excluding carboxylic acids is 1. The highest BCUT2D eigenvalue weighted by molar-refractivity contribution is 7.03. The van der Waals surface area contributed by atoms with Gasteiger partial charge in [0.25, 0.3) is 0 Å². The van der Waals surface area contributed by atoms with E-state index in [1.165, 1.54) is 17.6 Å². The van der Waals surface area contributed by atoms with Crippen LogP contribution in [0, 0.1) is 0 Å². The second-order valence-electron chi connectivity index (χ2n) is 3.48. The van der Waals surface area contributed by atoms with Crippen LogP contribution in [0.1, 0.15) is 23.0 Å². The van der Waals surface area contributed by atoms with E-state index in [0.29, 0.717) is 17.9 Å². The van der Waals surface area contributed by atoms with Gasteiger partial charge in [0.2, 0.25) is 0 Å². The standard InChI is InChI=1S/C13H12N2O2S/c1-2-17-12-6-3-10(4-7-12)13(16)8-5-11-9-18-15-14-11/h3-9H,2H2,1H3/b8-5+. The van der Waals surface area contributed by atoms with Crippen LogP contribution in [-0.4, -0.2) is 22.0 Å². The molecule has 2 rings (SSSR count). The average molecular weight is 260 g/mol. The lowest BCUT2D eigenvalue weighted by Gasteiger charge is -2.02. The van der Waals surface area contributed by atoms with Crippen molar-refractivity contribution in [1.82, 2.24) is 9.59 Å². The van der Waals surface area contributed by atoms with Gasteiger partial charge in [-0.2, -0.15) is 0 Å². The lowest BCUT2D eigenvalue weighted by atomic mass is 10.1. The van der Waals surface area contributed by atoms with E-state index in [0.717, 1.165) is 5.75 Å². The molecule has 1 aromatic heterocycles. The highest BCUT2D eigenvalue weighted by Gasteiger charge is 2.02. The molecule has 0 aliphatic carbocycles. The Morgan fingerprint density at radius 1 is 1.39 bits per heavy atom. The van der Waals surface area contributed by atoms with Crippen LogP contribution >= 0.6 is 11.5 Å². The van der Waals surface area contributed by atoms with E-state index < -0.39 is 0 Å². The number of aromatic nitrogens is 2. The minimum Gasteiger partial charge on any atom is -0.494 e. The fraction of sp³-hybridized carbons (Fsp3) is 0.154. The van der Waals surface area contributed by atoms with Crippen molar-refractivity contribution < 1.29 is 9.53 Å². The zero-order valence-corrected chi connectivity index (χ0v) is 10.7. The highest BCUT2D eigenvalue weighted by atomic mass is 32.1. The van der Waals surface area contributed by atoms with Gasteiger partial charge in [0.1, 0.15) is 5.75 Å². The number of allylic oxidation sites excluding steroid dienone is 1. The molecule has 5 heteroatoms. The summed E-state index contributed by atoms with van der Waals surface area (Å²) in [6.45, 7) is 2.54. The van der Waals surface area contributed by atoms with Crippen molar-refractivity contribution in [3.8, 4) is 5.75 Å². The van der Waals surface area contributed by atoms with Crippen molar-refractivity contribution in [2.24, 2.45) is 0 Å². The summed E-state index contributed by atoms with van der Waals surface area (Å²) in [6.07, 6.45) is 3.15. The Labute approximate surface area is 109 Å². The van der Waals surface area contributed by atoms with Crippen LogP contribution < -0.4 is 4.74 Å². The molecule has 0 bridgehead atoms. The minimum atomic E-state index is -0.0638. The topological polar surface area (TPSA) is 52.1 Å². The zero-order chi connectivity index (χ0) is 12.8. The molecule has 0 aliphatic heterocycles. The van der Waals surface area contributed by atoms with Gasteiger partial charge in [-0.3, -0.25) is 4.79 Å². The van der Waals surface area contributed by atoms with E-state index in [9.17, 15) is 4.79 Å². The monoisotopic (exact) mass is 260 g/mol. The average Bonchev–Trinajstić information content (AvgIpc) is 2.90. The van der Waals surface area contributed by atoms with Crippen LogP contribution in [0.15, 0.2) is 35.7 Å². The third kappa shape index (κ3) is 3.24. The second kappa shape index (κ2) is 6.07. The van der Waals surface area contributed by atoms with Crippen molar-refractivity contribution >= 4 is 23.4 Å². The molecule has 0 amide bonds. The summed E-state index contributed by atoms with van der Waals surface area (Å²) in [5.41, 5.74) is 1.32. The minimum absolute atomic E-state index is 0.0638. The Bertz CT molecular complexity index is 533. The molecule has 4 nitrogen and oxygen atoms in total. The zero-order valence-electron chi connectivity index (χ0n) is 9.87. The van der Waals surface area contributed by atoms with Crippen molar-refractivity contribution in [1.29, 1.82) is 0 Å². The summed E-state index contributed by atoms with van der Waals surface area (Å²) in [5, 5.41) is 5.61. The van der Waals surface area contributed by atoms with Crippen LogP contribution in [0.3, 0.4) is 0 Å². The number of rotatable bonds is 5. The van der Waals surface area contributed by atoms with Crippen LogP contribution in [-0.2, 0) is 0 Å². The van der Waals surface area contributed by atoms with Gasteiger partial charge in [0, 0.05) is 10.9 Å². The van der Waals surface area contributed by atoms with Crippen molar-refractivity contribution in [3.05, 3.63) is 47.0 Å². The number of benzene rings is 1. The van der Waals surface area contributed by atoms with Gasteiger partial charge in [-0.05, 0) is 54.9 Å². The smallest absolute Gasteiger partial charge is 0.185 e. The van der Waals surface area contributed by atoms with Crippen LogP contribution in [0.25, 0.3) is 6.08 Å². The summed E-state index contributed by atoms with van der Waals surface area (Å²) in [4.78, 5) is 11.8. The van der Waals surface area contributed by atoms with E-state index in [1.54, 1.807) is 35.7 Å². The van der Waals surface area contributed by atoms with Gasteiger partial charge < -0.3 is 4.74 Å². The molecule has 18 heavy (non-hydrogen) atoms. The van der Waals surface area contributed by atoms with E-state index in [-0.39, 0.29) is 5.78 Å². The SMILES string of the molecule is CCOc1ccc(C(=O)/C=C/c2csnn2)cc1. The number of nitrogens with zero attached hydrogens (tertiary/aromatic N) is 2. The third-order valence-corrected chi connectivity index (χ3v) is 2.76. The number of carbonyl (C=O) groups is 1. The molecule has 0 radical (unpaired) electrons. The Balaban J connectivity index is 2.04. The number of hydrogen-bond donors (Lipinski definition) is 0. The lowest BCUT2D eigenvalue weighted by molar-refractivity contribution is 0.104. The summed E-state index contributed by atoms with van der Waals surface area (Å²) >= 11 is 1.25. The first-order valence-electron chi connectivity index (χ1n) is 5.52. The maximum atomic E-state index is 11.8. The Kier molecular flexibility index (Phi) is 4.20. The first-order valence-corrected chi connectivity index (χ1v) is 6.35. The molecule has 1 aromatic carbocycles. The summed E-state index contributed by atoms with van der Waals surface area (Å²) in [7, 11) is 0. The largest absolute Gasteiger partial charge is 0.494 e. The highest BCUT2D eigenvalue weighted by Crippen LogP contribution is 2.13. The third-order valence-electron chi connectivity index (χ3n) is 2.23. The van der Waals surface area contributed by atoms with Crippen molar-refractivity contribution in [2.45, 2.75) is 6.92 Å². The number of ketones is 1. The number of hydrogen-bond acceptors (Lipinski definition) is 5. The fourth-order valence-electron chi connectivity index (χ4n) is 1.38. The molecule has 0 saturated carbocycles. The molecule has 0 spiro atoms. The van der Waals surface area contributed by atoms with Gasteiger partial charge in [-0.15, -0.1) is 5.10 Å². The predicted molar refractivity (Wildman–Crippen MR) is 70.9 cm³/mol. The second-order valence-corrected chi connectivity index (χ2v) is 4.09. The molecule has 0 atom stereocenters. The van der Waals surface area contributed by atoms with Gasteiger partial charge in [-0.25, -0.2) is 0 Å². The molecule has 2 aromatic rings. The van der Waals surface area contributed by atoms with Crippen LogP contribution in [0.4, 0.5) is 0 Å². The van der Waals surface area contributed by atoms with Gasteiger partial charge >= 0.3 is 0 Å². The summed E-state index contributed by atoms with van der Waals surface area (Å²) < 4.78 is 9.03. The Morgan fingerprint density at radius 3 is 2.78 bits per heavy atom. The molecule has 0 aliphatic rings. The van der Waals surface area contributed by atoms with Crippen LogP contribution in [0.2, 0.25) is 0 Å².